The second kappa shape index (κ2) is 10.1. The van der Waals surface area contributed by atoms with Crippen molar-refractivity contribution >= 4 is 29.0 Å². The molecule has 170 valence electrons. The summed E-state index contributed by atoms with van der Waals surface area (Å²) in [7, 11) is 0. The summed E-state index contributed by atoms with van der Waals surface area (Å²) in [4.78, 5) is 14.3. The van der Waals surface area contributed by atoms with Crippen LogP contribution in [0.5, 0.6) is 0 Å². The third-order valence-corrected chi connectivity index (χ3v) is 7.94. The molecule has 0 bridgehead atoms. The van der Waals surface area contributed by atoms with E-state index in [2.05, 4.69) is 19.1 Å². The lowest BCUT2D eigenvalue weighted by atomic mass is 9.95. The van der Waals surface area contributed by atoms with Gasteiger partial charge in [-0.05, 0) is 78.9 Å². The third-order valence-electron chi connectivity index (χ3n) is 5.29. The number of primary amides is 1. The molecule has 3 aromatic rings. The van der Waals surface area contributed by atoms with Crippen LogP contribution in [-0.2, 0) is 6.18 Å². The number of carbonyl (C=O) groups is 1. The Morgan fingerprint density at radius 3 is 2.19 bits per heavy atom. The van der Waals surface area contributed by atoms with E-state index in [4.69, 9.17) is 5.73 Å². The predicted octanol–water partition coefficient (Wildman–Crippen LogP) is 8.17. The first-order valence-electron chi connectivity index (χ1n) is 10.4. The Morgan fingerprint density at radius 1 is 1.06 bits per heavy atom. The zero-order chi connectivity index (χ0) is 23.5. The highest BCUT2D eigenvalue weighted by Gasteiger charge is 2.30. The molecular weight excluding hydrogens is 451 g/mol. The molecule has 2 N–H and O–H groups in total. The number of halogens is 3. The second-order valence-corrected chi connectivity index (χ2v) is 10.2. The third kappa shape index (κ3) is 5.75. The van der Waals surface area contributed by atoms with Gasteiger partial charge in [0, 0.05) is 15.0 Å². The van der Waals surface area contributed by atoms with Crippen molar-refractivity contribution < 1.29 is 18.0 Å². The van der Waals surface area contributed by atoms with E-state index in [1.165, 1.54) is 23.5 Å². The number of alkyl halides is 3. The number of thiophene rings is 1. The van der Waals surface area contributed by atoms with E-state index in [9.17, 15) is 18.0 Å². The van der Waals surface area contributed by atoms with E-state index in [1.807, 2.05) is 19.9 Å². The van der Waals surface area contributed by atoms with Crippen LogP contribution < -0.4 is 5.73 Å². The number of unbranched alkanes of at least 4 members (excludes halogenated alkanes) is 1. The number of hydrogen-bond acceptors (Lipinski definition) is 3. The van der Waals surface area contributed by atoms with Crippen molar-refractivity contribution in [1.29, 1.82) is 0 Å². The number of nitrogens with two attached hydrogens (primary N) is 1. The van der Waals surface area contributed by atoms with Gasteiger partial charge in [-0.1, -0.05) is 31.9 Å². The van der Waals surface area contributed by atoms with Crippen molar-refractivity contribution in [3.8, 4) is 11.1 Å². The van der Waals surface area contributed by atoms with Gasteiger partial charge in [-0.2, -0.15) is 13.2 Å². The molecule has 2 aromatic carbocycles. The zero-order valence-corrected chi connectivity index (χ0v) is 19.9. The summed E-state index contributed by atoms with van der Waals surface area (Å²) in [6.45, 7) is 6.13. The van der Waals surface area contributed by atoms with Gasteiger partial charge < -0.3 is 5.73 Å². The molecule has 0 radical (unpaired) electrons. The molecule has 0 aliphatic heterocycles. The lowest BCUT2D eigenvalue weighted by Gasteiger charge is -2.18. The topological polar surface area (TPSA) is 43.1 Å². The van der Waals surface area contributed by atoms with E-state index in [1.54, 1.807) is 17.8 Å². The van der Waals surface area contributed by atoms with E-state index >= 15 is 0 Å². The summed E-state index contributed by atoms with van der Waals surface area (Å²) >= 11 is 3.20. The molecular formula is C25H26F3NOS2. The van der Waals surface area contributed by atoms with Gasteiger partial charge in [0.2, 0.25) is 0 Å². The van der Waals surface area contributed by atoms with Gasteiger partial charge in [0.05, 0.1) is 10.4 Å². The highest BCUT2D eigenvalue weighted by Crippen LogP contribution is 2.43. The quantitative estimate of drug-likeness (QED) is 0.333. The highest BCUT2D eigenvalue weighted by molar-refractivity contribution is 7.99. The Labute approximate surface area is 195 Å². The molecule has 3 rings (SSSR count). The van der Waals surface area contributed by atoms with Gasteiger partial charge >= 0.3 is 6.18 Å². The van der Waals surface area contributed by atoms with Gasteiger partial charge in [-0.15, -0.1) is 23.1 Å². The fraction of sp³-hybridized carbons (Fsp3) is 0.320. The van der Waals surface area contributed by atoms with Crippen LogP contribution in [0.1, 0.15) is 62.7 Å². The summed E-state index contributed by atoms with van der Waals surface area (Å²) in [5, 5.41) is 0.212. The van der Waals surface area contributed by atoms with Crippen LogP contribution in [0.3, 0.4) is 0 Å². The average molecular weight is 478 g/mol. The first kappa shape index (κ1) is 24.4. The Hall–Kier alpha value is -2.25. The molecule has 1 unspecified atom stereocenters. The Balaban J connectivity index is 1.88. The monoisotopic (exact) mass is 477 g/mol. The van der Waals surface area contributed by atoms with Crippen LogP contribution in [0.2, 0.25) is 0 Å². The Bertz CT molecular complexity index is 1060. The largest absolute Gasteiger partial charge is 0.416 e. The lowest BCUT2D eigenvalue weighted by molar-refractivity contribution is -0.137. The van der Waals surface area contributed by atoms with Gasteiger partial charge in [0.25, 0.3) is 5.91 Å². The van der Waals surface area contributed by atoms with E-state index in [0.717, 1.165) is 63.4 Å². The van der Waals surface area contributed by atoms with Crippen molar-refractivity contribution in [2.45, 2.75) is 56.4 Å². The Morgan fingerprint density at radius 2 is 1.69 bits per heavy atom. The number of thioether (sulfide) groups is 1. The van der Waals surface area contributed by atoms with E-state index < -0.39 is 17.6 Å². The fourth-order valence-electron chi connectivity index (χ4n) is 3.74. The summed E-state index contributed by atoms with van der Waals surface area (Å²) in [5.74, 6) is -0.409. The normalized spacial score (nSPS) is 12.7. The molecule has 1 atom stereocenters. The van der Waals surface area contributed by atoms with E-state index in [-0.39, 0.29) is 5.25 Å². The SMILES string of the molecule is CCCCC(Sc1cc(C)c(-c2ccc(C(F)(F)F)cc2)c(C)c1)c1ccc(C(N)=O)s1. The van der Waals surface area contributed by atoms with Crippen LogP contribution in [0, 0.1) is 13.8 Å². The summed E-state index contributed by atoms with van der Waals surface area (Å²) in [5.41, 5.74) is 8.55. The van der Waals surface area contributed by atoms with Crippen LogP contribution in [0.4, 0.5) is 13.2 Å². The first-order valence-corrected chi connectivity index (χ1v) is 12.1. The molecule has 32 heavy (non-hydrogen) atoms. The maximum atomic E-state index is 12.9. The molecule has 0 aliphatic rings. The standard InChI is InChI=1S/C25H26F3NOS2/c1-4-5-6-20(21-11-12-22(32-21)24(29)30)31-19-13-15(2)23(16(3)14-19)17-7-9-18(10-8-17)25(26,27)28/h7-14,20H,4-6H2,1-3H3,(H2,29,30). The summed E-state index contributed by atoms with van der Waals surface area (Å²) in [6, 6.07) is 13.3. The number of carbonyl (C=O) groups excluding carboxylic acids is 1. The minimum atomic E-state index is -4.34. The van der Waals surface area contributed by atoms with Crippen LogP contribution in [-0.4, -0.2) is 5.91 Å². The molecule has 0 aliphatic carbocycles. The number of amides is 1. The van der Waals surface area contributed by atoms with Crippen molar-refractivity contribution in [2.75, 3.05) is 0 Å². The maximum Gasteiger partial charge on any atom is 0.416 e. The number of benzene rings is 2. The molecule has 1 heterocycles. The zero-order valence-electron chi connectivity index (χ0n) is 18.3. The van der Waals surface area contributed by atoms with E-state index in [0.29, 0.717) is 4.88 Å². The van der Waals surface area contributed by atoms with Crippen LogP contribution >= 0.6 is 23.1 Å². The lowest BCUT2D eigenvalue weighted by Crippen LogP contribution is -2.08. The molecule has 0 spiro atoms. The van der Waals surface area contributed by atoms with Crippen LogP contribution in [0.15, 0.2) is 53.4 Å². The number of hydrogen-bond donors (Lipinski definition) is 1. The Kier molecular flexibility index (Phi) is 7.72. The summed E-state index contributed by atoms with van der Waals surface area (Å²) < 4.78 is 38.7. The molecule has 0 saturated carbocycles. The van der Waals surface area contributed by atoms with Gasteiger partial charge in [-0.3, -0.25) is 4.79 Å². The molecule has 7 heteroatoms. The number of aryl methyl sites for hydroxylation is 2. The smallest absolute Gasteiger partial charge is 0.365 e. The molecule has 0 fully saturated rings. The fourth-order valence-corrected chi connectivity index (χ4v) is 6.21. The van der Waals surface area contributed by atoms with Crippen molar-refractivity contribution in [2.24, 2.45) is 5.73 Å². The maximum absolute atomic E-state index is 12.9. The van der Waals surface area contributed by atoms with Crippen molar-refractivity contribution in [1.82, 2.24) is 0 Å². The first-order chi connectivity index (χ1) is 15.1. The van der Waals surface area contributed by atoms with Gasteiger partial charge in [-0.25, -0.2) is 0 Å². The molecule has 1 amide bonds. The number of rotatable bonds is 8. The molecule has 1 aromatic heterocycles. The minimum absolute atomic E-state index is 0.212. The van der Waals surface area contributed by atoms with Crippen molar-refractivity contribution in [3.63, 3.8) is 0 Å². The molecule has 0 saturated heterocycles. The minimum Gasteiger partial charge on any atom is -0.365 e. The summed E-state index contributed by atoms with van der Waals surface area (Å²) in [6.07, 6.45) is -1.20. The van der Waals surface area contributed by atoms with Gasteiger partial charge in [0.1, 0.15) is 0 Å². The predicted molar refractivity (Wildman–Crippen MR) is 127 cm³/mol. The highest BCUT2D eigenvalue weighted by atomic mass is 32.2. The molecule has 2 nitrogen and oxygen atoms in total. The van der Waals surface area contributed by atoms with Gasteiger partial charge in [0.15, 0.2) is 0 Å². The van der Waals surface area contributed by atoms with Crippen molar-refractivity contribution in [3.05, 3.63) is 75.0 Å². The van der Waals surface area contributed by atoms with Crippen LogP contribution in [0.25, 0.3) is 11.1 Å². The average Bonchev–Trinajstić information content (AvgIpc) is 3.21. The second-order valence-electron chi connectivity index (χ2n) is 7.82.